The second kappa shape index (κ2) is 11.5. The van der Waals surface area contributed by atoms with Crippen LogP contribution in [0.25, 0.3) is 0 Å². The van der Waals surface area contributed by atoms with Crippen molar-refractivity contribution in [3.8, 4) is 6.07 Å². The number of anilines is 1. The summed E-state index contributed by atoms with van der Waals surface area (Å²) in [7, 11) is 0. The average molecular weight is 336 g/mol. The minimum atomic E-state index is -0.416. The van der Waals surface area contributed by atoms with Gasteiger partial charge in [-0.15, -0.1) is 0 Å². The van der Waals surface area contributed by atoms with Crippen LogP contribution in [0.4, 0.5) is 5.69 Å². The largest absolute Gasteiger partial charge is 0.381 e. The molecule has 1 aromatic carbocycles. The van der Waals surface area contributed by atoms with Crippen molar-refractivity contribution in [2.75, 3.05) is 25.1 Å². The summed E-state index contributed by atoms with van der Waals surface area (Å²) in [6, 6.07) is 8.98. The number of para-hydroxylation sites is 1. The molecule has 0 unspecified atom stereocenters. The molecule has 0 aliphatic rings. The van der Waals surface area contributed by atoms with Gasteiger partial charge in [0, 0.05) is 26.0 Å². The first-order chi connectivity index (χ1) is 11.2. The molecule has 0 saturated heterocycles. The summed E-state index contributed by atoms with van der Waals surface area (Å²) >= 11 is 6.00. The van der Waals surface area contributed by atoms with Crippen LogP contribution in [0.2, 0.25) is 5.02 Å². The molecule has 0 fully saturated rings. The monoisotopic (exact) mass is 335 g/mol. The van der Waals surface area contributed by atoms with Crippen LogP contribution < -0.4 is 10.6 Å². The molecule has 0 bridgehead atoms. The highest BCUT2D eigenvalue weighted by atomic mass is 35.5. The topological polar surface area (TPSA) is 74.1 Å². The molecule has 0 aromatic heterocycles. The zero-order valence-electron chi connectivity index (χ0n) is 13.3. The van der Waals surface area contributed by atoms with Gasteiger partial charge in [0.2, 0.25) is 0 Å². The van der Waals surface area contributed by atoms with E-state index in [1.165, 1.54) is 6.20 Å². The molecule has 0 atom stereocenters. The number of hydrogen-bond donors (Lipinski definition) is 2. The Kier molecular flexibility index (Phi) is 9.53. The van der Waals surface area contributed by atoms with Crippen molar-refractivity contribution >= 4 is 23.2 Å². The van der Waals surface area contributed by atoms with Gasteiger partial charge in [0.1, 0.15) is 11.6 Å². The third kappa shape index (κ3) is 7.68. The van der Waals surface area contributed by atoms with E-state index in [1.54, 1.807) is 18.2 Å². The Morgan fingerprint density at radius 2 is 2.09 bits per heavy atom. The van der Waals surface area contributed by atoms with Crippen LogP contribution in [0.1, 0.15) is 26.2 Å². The lowest BCUT2D eigenvalue weighted by molar-refractivity contribution is -0.117. The lowest BCUT2D eigenvalue weighted by Crippen LogP contribution is -2.26. The van der Waals surface area contributed by atoms with Crippen molar-refractivity contribution in [1.29, 1.82) is 5.26 Å². The molecular weight excluding hydrogens is 314 g/mol. The molecule has 0 aliphatic heterocycles. The summed E-state index contributed by atoms with van der Waals surface area (Å²) in [5.74, 6) is -0.416. The number of nitrogens with one attached hydrogen (secondary N) is 2. The smallest absolute Gasteiger partial charge is 0.263 e. The highest BCUT2D eigenvalue weighted by molar-refractivity contribution is 6.33. The molecule has 124 valence electrons. The van der Waals surface area contributed by atoms with Gasteiger partial charge in [0.15, 0.2) is 0 Å². The van der Waals surface area contributed by atoms with E-state index in [2.05, 4.69) is 17.6 Å². The van der Waals surface area contributed by atoms with E-state index in [9.17, 15) is 4.79 Å². The highest BCUT2D eigenvalue weighted by Crippen LogP contribution is 2.20. The van der Waals surface area contributed by atoms with Crippen LogP contribution in [0.15, 0.2) is 36.0 Å². The van der Waals surface area contributed by atoms with Crippen molar-refractivity contribution in [3.05, 3.63) is 41.1 Å². The maximum atomic E-state index is 11.9. The molecular formula is C17H22ClN3O2. The summed E-state index contributed by atoms with van der Waals surface area (Å²) in [6.45, 7) is 3.92. The Bertz CT molecular complexity index is 567. The van der Waals surface area contributed by atoms with Crippen molar-refractivity contribution < 1.29 is 9.53 Å². The third-order valence-corrected chi connectivity index (χ3v) is 3.33. The van der Waals surface area contributed by atoms with Gasteiger partial charge in [0.05, 0.1) is 10.7 Å². The number of nitriles is 1. The lowest BCUT2D eigenvalue weighted by Gasteiger charge is -2.06. The van der Waals surface area contributed by atoms with E-state index in [0.29, 0.717) is 30.3 Å². The molecule has 6 heteroatoms. The number of carbonyl (C=O) groups is 1. The van der Waals surface area contributed by atoms with E-state index < -0.39 is 5.91 Å². The predicted octanol–water partition coefficient (Wildman–Crippen LogP) is 3.48. The second-order valence-corrected chi connectivity index (χ2v) is 5.28. The molecule has 1 aromatic rings. The van der Waals surface area contributed by atoms with Gasteiger partial charge in [-0.1, -0.05) is 37.1 Å². The first kappa shape index (κ1) is 19.0. The van der Waals surface area contributed by atoms with E-state index in [4.69, 9.17) is 21.6 Å². The summed E-state index contributed by atoms with van der Waals surface area (Å²) in [6.07, 6.45) is 4.22. The van der Waals surface area contributed by atoms with Crippen molar-refractivity contribution in [3.63, 3.8) is 0 Å². The van der Waals surface area contributed by atoms with Crippen molar-refractivity contribution in [2.45, 2.75) is 26.2 Å². The fourth-order valence-corrected chi connectivity index (χ4v) is 1.89. The Labute approximate surface area is 142 Å². The molecule has 0 radical (unpaired) electrons. The molecule has 23 heavy (non-hydrogen) atoms. The molecule has 1 amide bonds. The number of hydrogen-bond acceptors (Lipinski definition) is 4. The molecule has 0 spiro atoms. The molecule has 0 saturated carbocycles. The maximum Gasteiger partial charge on any atom is 0.263 e. The number of rotatable bonds is 10. The SMILES string of the molecule is CCCCOCCCNC(=O)/C(C#N)=C\Nc1ccccc1Cl. The number of ether oxygens (including phenoxy) is 1. The van der Waals surface area contributed by atoms with E-state index in [0.717, 1.165) is 19.4 Å². The summed E-state index contributed by atoms with van der Waals surface area (Å²) in [5.41, 5.74) is 0.635. The molecule has 0 aliphatic carbocycles. The zero-order chi connectivity index (χ0) is 16.9. The van der Waals surface area contributed by atoms with Crippen LogP contribution in [-0.4, -0.2) is 25.7 Å². The number of halogens is 1. The standard InChI is InChI=1S/C17H22ClN3O2/c1-2-3-10-23-11-6-9-20-17(22)14(12-19)13-21-16-8-5-4-7-15(16)18/h4-5,7-8,13,21H,2-3,6,9-11H2,1H3,(H,20,22)/b14-13-. The first-order valence-corrected chi connectivity index (χ1v) is 8.04. The van der Waals surface area contributed by atoms with Crippen molar-refractivity contribution in [2.24, 2.45) is 0 Å². The fraction of sp³-hybridized carbons (Fsp3) is 0.412. The van der Waals surface area contributed by atoms with Crippen LogP contribution in [-0.2, 0) is 9.53 Å². The maximum absolute atomic E-state index is 11.9. The molecule has 2 N–H and O–H groups in total. The first-order valence-electron chi connectivity index (χ1n) is 7.66. The van der Waals surface area contributed by atoms with Crippen LogP contribution in [0.5, 0.6) is 0 Å². The molecule has 1 rings (SSSR count). The Morgan fingerprint density at radius 1 is 1.35 bits per heavy atom. The lowest BCUT2D eigenvalue weighted by atomic mass is 10.2. The highest BCUT2D eigenvalue weighted by Gasteiger charge is 2.08. The van der Waals surface area contributed by atoms with Crippen LogP contribution in [0, 0.1) is 11.3 Å². The minimum Gasteiger partial charge on any atom is -0.381 e. The Morgan fingerprint density at radius 3 is 2.78 bits per heavy atom. The zero-order valence-corrected chi connectivity index (χ0v) is 14.0. The quantitative estimate of drug-likeness (QED) is 0.390. The van der Waals surface area contributed by atoms with E-state index >= 15 is 0 Å². The fourth-order valence-electron chi connectivity index (χ4n) is 1.70. The summed E-state index contributed by atoms with van der Waals surface area (Å²) in [5, 5.41) is 15.1. The second-order valence-electron chi connectivity index (χ2n) is 4.87. The van der Waals surface area contributed by atoms with Gasteiger partial charge in [-0.25, -0.2) is 0 Å². The van der Waals surface area contributed by atoms with Crippen LogP contribution in [0.3, 0.4) is 0 Å². The Hall–Kier alpha value is -2.03. The van der Waals surface area contributed by atoms with Gasteiger partial charge < -0.3 is 15.4 Å². The van der Waals surface area contributed by atoms with Gasteiger partial charge >= 0.3 is 0 Å². The third-order valence-electron chi connectivity index (χ3n) is 3.00. The normalized spacial score (nSPS) is 10.9. The van der Waals surface area contributed by atoms with E-state index in [1.807, 2.05) is 12.1 Å². The molecule has 0 heterocycles. The van der Waals surface area contributed by atoms with Crippen LogP contribution >= 0.6 is 11.6 Å². The minimum absolute atomic E-state index is 0.00294. The van der Waals surface area contributed by atoms with Gasteiger partial charge in [0.25, 0.3) is 5.91 Å². The van der Waals surface area contributed by atoms with Gasteiger partial charge in [-0.05, 0) is 25.0 Å². The average Bonchev–Trinajstić information content (AvgIpc) is 2.56. The predicted molar refractivity (Wildman–Crippen MR) is 92.1 cm³/mol. The van der Waals surface area contributed by atoms with Gasteiger partial charge in [-0.3, -0.25) is 4.79 Å². The number of carbonyl (C=O) groups excluding carboxylic acids is 1. The van der Waals surface area contributed by atoms with Crippen molar-refractivity contribution in [1.82, 2.24) is 5.32 Å². The number of unbranched alkanes of at least 4 members (excludes halogenated alkanes) is 1. The summed E-state index contributed by atoms with van der Waals surface area (Å²) < 4.78 is 5.40. The Balaban J connectivity index is 2.36. The van der Waals surface area contributed by atoms with E-state index in [-0.39, 0.29) is 5.57 Å². The number of benzene rings is 1. The number of nitrogens with zero attached hydrogens (tertiary/aromatic N) is 1. The molecule has 5 nitrogen and oxygen atoms in total. The van der Waals surface area contributed by atoms with Gasteiger partial charge in [-0.2, -0.15) is 5.26 Å². The number of amides is 1. The summed E-state index contributed by atoms with van der Waals surface area (Å²) in [4.78, 5) is 11.9.